The summed E-state index contributed by atoms with van der Waals surface area (Å²) in [6.07, 6.45) is 22.6. The molecule has 3 atom stereocenters. The lowest BCUT2D eigenvalue weighted by Gasteiger charge is -2.18. The number of carboxylic acid groups (broad SMARTS) is 1. The van der Waals surface area contributed by atoms with Gasteiger partial charge in [-0.2, -0.15) is 0 Å². The van der Waals surface area contributed by atoms with Crippen LogP contribution < -0.4 is 5.32 Å². The van der Waals surface area contributed by atoms with Gasteiger partial charge >= 0.3 is 19.8 Å². The Morgan fingerprint density at radius 1 is 0.674 bits per heavy atom. The average molecular weight is 638 g/mol. The van der Waals surface area contributed by atoms with Crippen molar-refractivity contribution in [2.45, 2.75) is 161 Å². The summed E-state index contributed by atoms with van der Waals surface area (Å²) in [4.78, 5) is 44.4. The fraction of sp³-hybridized carbons (Fsp3) is 0.903. The number of esters is 1. The van der Waals surface area contributed by atoms with Gasteiger partial charge in [0.25, 0.3) is 0 Å². The van der Waals surface area contributed by atoms with Gasteiger partial charge < -0.3 is 25.2 Å². The summed E-state index contributed by atoms with van der Waals surface area (Å²) in [5, 5.41) is 21.3. The van der Waals surface area contributed by atoms with Crippen LogP contribution in [-0.4, -0.2) is 64.9 Å². The molecule has 254 valence electrons. The lowest BCUT2D eigenvalue weighted by atomic mass is 10.0. The number of carbonyl (C=O) groups is 3. The summed E-state index contributed by atoms with van der Waals surface area (Å²) < 4.78 is 25.9. The quantitative estimate of drug-likeness (QED) is 0.0359. The number of carboxylic acids is 1. The fourth-order valence-corrected chi connectivity index (χ4v) is 5.30. The van der Waals surface area contributed by atoms with Gasteiger partial charge in [-0.25, -0.2) is 9.36 Å². The second-order valence-electron chi connectivity index (χ2n) is 11.3. The number of phosphoric acid groups is 1. The molecule has 0 bridgehead atoms. The molecule has 0 aromatic carbocycles. The smallest absolute Gasteiger partial charge is 0.472 e. The number of aliphatic hydroxyl groups is 1. The van der Waals surface area contributed by atoms with E-state index in [9.17, 15) is 34.1 Å². The molecule has 0 aliphatic heterocycles. The zero-order valence-corrected chi connectivity index (χ0v) is 27.7. The monoisotopic (exact) mass is 637 g/mol. The normalized spacial score (nSPS) is 14.1. The Labute approximate surface area is 259 Å². The fourth-order valence-electron chi connectivity index (χ4n) is 4.53. The van der Waals surface area contributed by atoms with Gasteiger partial charge in [-0.15, -0.1) is 0 Å². The van der Waals surface area contributed by atoms with Crippen LogP contribution in [0.4, 0.5) is 0 Å². The minimum Gasteiger partial charge on any atom is -0.480 e. The van der Waals surface area contributed by atoms with E-state index in [4.69, 9.17) is 0 Å². The van der Waals surface area contributed by atoms with Gasteiger partial charge in [-0.3, -0.25) is 18.6 Å². The van der Waals surface area contributed by atoms with Crippen molar-refractivity contribution in [1.29, 1.82) is 0 Å². The van der Waals surface area contributed by atoms with Gasteiger partial charge in [0.2, 0.25) is 5.91 Å². The first-order valence-corrected chi connectivity index (χ1v) is 18.1. The Balaban J connectivity index is 3.79. The number of nitrogens with one attached hydrogen (secondary N) is 1. The molecular formula is C31H60NO10P. The van der Waals surface area contributed by atoms with Crippen LogP contribution in [0.5, 0.6) is 0 Å². The first-order valence-electron chi connectivity index (χ1n) is 16.6. The highest BCUT2D eigenvalue weighted by molar-refractivity contribution is 7.47. The minimum atomic E-state index is -4.71. The van der Waals surface area contributed by atoms with E-state index in [2.05, 4.69) is 26.0 Å². The van der Waals surface area contributed by atoms with E-state index in [-0.39, 0.29) is 12.8 Å². The van der Waals surface area contributed by atoms with Gasteiger partial charge in [0.15, 0.2) is 6.04 Å². The number of aliphatic hydroxyl groups excluding tert-OH is 1. The van der Waals surface area contributed by atoms with Gasteiger partial charge in [0, 0.05) is 12.8 Å². The van der Waals surface area contributed by atoms with Crippen LogP contribution in [0.3, 0.4) is 0 Å². The van der Waals surface area contributed by atoms with E-state index >= 15 is 0 Å². The average Bonchev–Trinajstić information content (AvgIpc) is 2.97. The predicted molar refractivity (Wildman–Crippen MR) is 167 cm³/mol. The third-order valence-corrected chi connectivity index (χ3v) is 8.15. The summed E-state index contributed by atoms with van der Waals surface area (Å²) in [5.74, 6) is -2.46. The number of unbranched alkanes of at least 4 members (excludes halogenated alkanes) is 18. The number of phosphoric ester groups is 1. The van der Waals surface area contributed by atoms with Crippen molar-refractivity contribution in [2.24, 2.45) is 0 Å². The highest BCUT2D eigenvalue weighted by Crippen LogP contribution is 2.43. The molecule has 0 aliphatic carbocycles. The van der Waals surface area contributed by atoms with E-state index in [0.29, 0.717) is 6.42 Å². The summed E-state index contributed by atoms with van der Waals surface area (Å²) in [6.45, 7) is 1.93. The first kappa shape index (κ1) is 41.5. The molecule has 11 nitrogen and oxygen atoms in total. The van der Waals surface area contributed by atoms with Crippen molar-refractivity contribution in [3.05, 3.63) is 0 Å². The Kier molecular flexibility index (Phi) is 27.0. The molecule has 0 aliphatic rings. The predicted octanol–water partition coefficient (Wildman–Crippen LogP) is 6.83. The van der Waals surface area contributed by atoms with Gasteiger partial charge in [-0.1, -0.05) is 129 Å². The molecule has 43 heavy (non-hydrogen) atoms. The zero-order valence-electron chi connectivity index (χ0n) is 26.8. The number of hydrogen-bond donors (Lipinski definition) is 4. The second kappa shape index (κ2) is 28.0. The van der Waals surface area contributed by atoms with Gasteiger partial charge in [0.1, 0.15) is 12.7 Å². The summed E-state index contributed by atoms with van der Waals surface area (Å²) in [5.41, 5.74) is 0. The van der Waals surface area contributed by atoms with Gasteiger partial charge in [-0.05, 0) is 6.42 Å². The SMILES string of the molecule is CCCCCCCCCCCCCCCCCCCCCC(=O)NC(COP(=O)(O)OCC(O)COC(=O)CC)C(=O)O. The second-order valence-corrected chi connectivity index (χ2v) is 12.8. The molecule has 0 spiro atoms. The summed E-state index contributed by atoms with van der Waals surface area (Å²) in [6, 6.07) is -1.53. The van der Waals surface area contributed by atoms with Crippen molar-refractivity contribution in [3.63, 3.8) is 0 Å². The van der Waals surface area contributed by atoms with Crippen molar-refractivity contribution in [3.8, 4) is 0 Å². The number of aliphatic carboxylic acids is 1. The maximum absolute atomic E-state index is 12.2. The van der Waals surface area contributed by atoms with Crippen LogP contribution in [-0.2, 0) is 32.7 Å². The Morgan fingerprint density at radius 3 is 1.51 bits per heavy atom. The number of ether oxygens (including phenoxy) is 1. The highest BCUT2D eigenvalue weighted by Gasteiger charge is 2.28. The zero-order chi connectivity index (χ0) is 32.2. The molecule has 0 saturated carbocycles. The number of carbonyl (C=O) groups excluding carboxylic acids is 2. The lowest BCUT2D eigenvalue weighted by Crippen LogP contribution is -2.43. The first-order chi connectivity index (χ1) is 20.6. The van der Waals surface area contributed by atoms with Crippen LogP contribution in [0, 0.1) is 0 Å². The highest BCUT2D eigenvalue weighted by atomic mass is 31.2. The largest absolute Gasteiger partial charge is 0.480 e. The van der Waals surface area contributed by atoms with Crippen molar-refractivity contribution >= 4 is 25.7 Å². The molecule has 0 aromatic rings. The number of hydrogen-bond acceptors (Lipinski definition) is 8. The Morgan fingerprint density at radius 2 is 1.09 bits per heavy atom. The van der Waals surface area contributed by atoms with E-state index in [1.54, 1.807) is 6.92 Å². The maximum Gasteiger partial charge on any atom is 0.472 e. The Bertz CT molecular complexity index is 767. The molecule has 0 rings (SSSR count). The van der Waals surface area contributed by atoms with Gasteiger partial charge in [0.05, 0.1) is 13.2 Å². The molecule has 0 heterocycles. The lowest BCUT2D eigenvalue weighted by molar-refractivity contribution is -0.146. The van der Waals surface area contributed by atoms with Crippen molar-refractivity contribution in [1.82, 2.24) is 5.32 Å². The summed E-state index contributed by atoms with van der Waals surface area (Å²) in [7, 11) is -4.71. The van der Waals surface area contributed by atoms with Crippen molar-refractivity contribution in [2.75, 3.05) is 19.8 Å². The molecular weight excluding hydrogens is 577 g/mol. The van der Waals surface area contributed by atoms with Crippen LogP contribution in [0.15, 0.2) is 0 Å². The third-order valence-electron chi connectivity index (χ3n) is 7.20. The molecule has 4 N–H and O–H groups in total. The number of amides is 1. The van der Waals surface area contributed by atoms with Crippen LogP contribution >= 0.6 is 7.82 Å². The molecule has 0 fully saturated rings. The van der Waals surface area contributed by atoms with E-state index in [1.165, 1.54) is 96.3 Å². The number of rotatable bonds is 31. The van der Waals surface area contributed by atoms with Crippen LogP contribution in [0.2, 0.25) is 0 Å². The minimum absolute atomic E-state index is 0.108. The van der Waals surface area contributed by atoms with E-state index in [1.807, 2.05) is 0 Å². The topological polar surface area (TPSA) is 169 Å². The van der Waals surface area contributed by atoms with Crippen molar-refractivity contribution < 1.29 is 47.8 Å². The summed E-state index contributed by atoms with van der Waals surface area (Å²) >= 11 is 0. The molecule has 0 saturated heterocycles. The molecule has 12 heteroatoms. The van der Waals surface area contributed by atoms with E-state index in [0.717, 1.165) is 19.3 Å². The molecule has 0 aromatic heterocycles. The molecule has 3 unspecified atom stereocenters. The standard InChI is InChI=1S/C31H60NO10P/c1-3-5-6-7-8-9-10-11-12-13-14-15-16-17-18-19-20-21-22-23-29(34)32-28(31(36)37)26-42-43(38,39)41-25-27(33)24-40-30(35)4-2/h27-28,33H,3-26H2,1-2H3,(H,32,34)(H,36,37)(H,38,39). The van der Waals surface area contributed by atoms with Crippen LogP contribution in [0.1, 0.15) is 149 Å². The third kappa shape index (κ3) is 27.7. The van der Waals surface area contributed by atoms with Crippen LogP contribution in [0.25, 0.3) is 0 Å². The maximum atomic E-state index is 12.2. The molecule has 1 amide bonds. The molecule has 0 radical (unpaired) electrons. The Hall–Kier alpha value is -1.52. The van der Waals surface area contributed by atoms with E-state index < -0.39 is 57.6 Å².